The van der Waals surface area contributed by atoms with Gasteiger partial charge in [0, 0.05) is 39.7 Å². The largest absolute Gasteiger partial charge is 0.497 e. The van der Waals surface area contributed by atoms with Crippen LogP contribution in [0.3, 0.4) is 0 Å². The summed E-state index contributed by atoms with van der Waals surface area (Å²) in [5, 5.41) is 15.9. The van der Waals surface area contributed by atoms with Gasteiger partial charge in [-0.1, -0.05) is 0 Å². The van der Waals surface area contributed by atoms with Crippen LogP contribution >= 0.6 is 0 Å². The molecular weight excluding hydrogens is 403 g/mol. The van der Waals surface area contributed by atoms with Gasteiger partial charge in [-0.05, 0) is 58.0 Å². The molecule has 0 spiro atoms. The highest BCUT2D eigenvalue weighted by Crippen LogP contribution is 2.38. The van der Waals surface area contributed by atoms with Crippen molar-refractivity contribution in [3.05, 3.63) is 53.9 Å². The molecule has 2 aromatic heterocycles. The number of aromatic nitrogens is 3. The Morgan fingerprint density at radius 3 is 2.59 bits per heavy atom. The molecular formula is C24H25BN4O3. The zero-order valence-corrected chi connectivity index (χ0v) is 18.9. The molecule has 8 heteroatoms. The quantitative estimate of drug-likeness (QED) is 0.501. The van der Waals surface area contributed by atoms with E-state index in [1.165, 1.54) is 0 Å². The number of hydrogen-bond acceptors (Lipinski definition) is 5. The maximum Gasteiger partial charge on any atom is 0.497 e. The summed E-state index contributed by atoms with van der Waals surface area (Å²) in [5.41, 5.74) is 3.41. The summed E-state index contributed by atoms with van der Waals surface area (Å²) in [6, 6.07) is 11.7. The van der Waals surface area contributed by atoms with Crippen molar-refractivity contribution in [3.8, 4) is 11.8 Å². The van der Waals surface area contributed by atoms with Gasteiger partial charge in [-0.2, -0.15) is 10.4 Å². The van der Waals surface area contributed by atoms with Crippen molar-refractivity contribution in [1.29, 1.82) is 5.26 Å². The zero-order chi connectivity index (χ0) is 22.7. The van der Waals surface area contributed by atoms with E-state index in [1.807, 2.05) is 63.0 Å². The third-order valence-corrected chi connectivity index (χ3v) is 6.68. The lowest BCUT2D eigenvalue weighted by Crippen LogP contribution is -2.41. The van der Waals surface area contributed by atoms with Crippen molar-refractivity contribution >= 4 is 34.4 Å². The zero-order valence-electron chi connectivity index (χ0n) is 18.9. The Labute approximate surface area is 187 Å². The molecule has 3 heterocycles. The average Bonchev–Trinajstić information content (AvgIpc) is 3.43. The van der Waals surface area contributed by atoms with Crippen LogP contribution in [0.2, 0.25) is 0 Å². The van der Waals surface area contributed by atoms with Gasteiger partial charge in [0.05, 0.1) is 42.0 Å². The Kier molecular flexibility index (Phi) is 4.59. The Hall–Kier alpha value is -3.28. The minimum atomic E-state index is -0.499. The van der Waals surface area contributed by atoms with Crippen LogP contribution in [0.15, 0.2) is 42.7 Å². The first-order valence-corrected chi connectivity index (χ1v) is 10.6. The van der Waals surface area contributed by atoms with Crippen LogP contribution in [0, 0.1) is 11.3 Å². The molecule has 1 fully saturated rings. The normalized spacial score (nSPS) is 17.2. The van der Waals surface area contributed by atoms with Gasteiger partial charge in [0.2, 0.25) is 0 Å². The molecule has 4 aromatic rings. The van der Waals surface area contributed by atoms with E-state index in [2.05, 4.69) is 16.2 Å². The molecule has 0 unspecified atom stereocenters. The smallest absolute Gasteiger partial charge is 0.496 e. The van der Waals surface area contributed by atoms with Crippen molar-refractivity contribution in [2.75, 3.05) is 7.11 Å². The fourth-order valence-electron chi connectivity index (χ4n) is 4.17. The number of ether oxygens (including phenoxy) is 1. The van der Waals surface area contributed by atoms with Gasteiger partial charge in [0.15, 0.2) is 0 Å². The number of rotatable bonds is 4. The second-order valence-electron chi connectivity index (χ2n) is 9.21. The fraction of sp³-hybridized carbons (Fsp3) is 0.333. The van der Waals surface area contributed by atoms with E-state index in [4.69, 9.17) is 19.3 Å². The number of aromatic amines is 1. The monoisotopic (exact) mass is 428 g/mol. The molecule has 162 valence electrons. The number of nitrogens with one attached hydrogen (secondary N) is 1. The number of benzene rings is 2. The summed E-state index contributed by atoms with van der Waals surface area (Å²) >= 11 is 0. The highest BCUT2D eigenvalue weighted by atomic mass is 16.7. The van der Waals surface area contributed by atoms with Gasteiger partial charge in [-0.3, -0.25) is 4.68 Å². The number of hydrogen-bond donors (Lipinski definition) is 1. The molecule has 0 atom stereocenters. The predicted molar refractivity (Wildman–Crippen MR) is 124 cm³/mol. The Morgan fingerprint density at radius 2 is 1.91 bits per heavy atom. The fourth-order valence-corrected chi connectivity index (χ4v) is 4.17. The highest BCUT2D eigenvalue weighted by Gasteiger charge is 2.52. The Bertz CT molecular complexity index is 1360. The van der Waals surface area contributed by atoms with Gasteiger partial charge < -0.3 is 19.0 Å². The summed E-state index contributed by atoms with van der Waals surface area (Å²) < 4.78 is 20.3. The molecule has 7 nitrogen and oxygen atoms in total. The first kappa shape index (κ1) is 20.6. The number of nitriles is 1. The number of methoxy groups -OCH3 is 1. The molecule has 1 saturated heterocycles. The minimum absolute atomic E-state index is 0.431. The SMILES string of the molecule is COc1cc(B2OC(C)(C)C(C)(C)O2)c2[nH]ccc2c1Cn1cc2ccc(C#N)cc2n1. The standard InChI is InChI=1S/C24H25BN4O3/c1-23(2)24(3,4)32-25(31-23)19-11-21(30-5)18(17-8-9-27-22(17)19)14-29-13-16-7-6-15(12-26)10-20(16)28-29/h6-11,13,27H,14H2,1-5H3. The second kappa shape index (κ2) is 7.12. The molecule has 32 heavy (non-hydrogen) atoms. The van der Waals surface area contributed by atoms with Crippen molar-refractivity contribution in [2.24, 2.45) is 0 Å². The van der Waals surface area contributed by atoms with Crippen LogP contribution in [-0.2, 0) is 15.9 Å². The molecule has 0 aliphatic carbocycles. The topological polar surface area (TPSA) is 85.1 Å². The predicted octanol–water partition coefficient (Wildman–Crippen LogP) is 3.75. The van der Waals surface area contributed by atoms with E-state index in [-0.39, 0.29) is 0 Å². The Morgan fingerprint density at radius 1 is 1.16 bits per heavy atom. The molecule has 0 amide bonds. The van der Waals surface area contributed by atoms with Gasteiger partial charge >= 0.3 is 7.12 Å². The number of H-pyrrole nitrogens is 1. The van der Waals surface area contributed by atoms with E-state index in [0.717, 1.165) is 38.6 Å². The summed E-state index contributed by atoms with van der Waals surface area (Å²) in [4.78, 5) is 3.36. The van der Waals surface area contributed by atoms with Crippen LogP contribution < -0.4 is 10.2 Å². The van der Waals surface area contributed by atoms with Crippen LogP contribution in [0.25, 0.3) is 21.8 Å². The van der Waals surface area contributed by atoms with Gasteiger partial charge in [0.25, 0.3) is 0 Å². The van der Waals surface area contributed by atoms with E-state index < -0.39 is 18.3 Å². The number of nitrogens with zero attached hydrogens (tertiary/aromatic N) is 3. The number of fused-ring (bicyclic) bond motifs is 2. The maximum absolute atomic E-state index is 9.16. The summed E-state index contributed by atoms with van der Waals surface area (Å²) in [7, 11) is 1.17. The molecule has 2 aromatic carbocycles. The van der Waals surface area contributed by atoms with E-state index in [9.17, 15) is 0 Å². The van der Waals surface area contributed by atoms with Crippen LogP contribution in [-0.4, -0.2) is 40.2 Å². The van der Waals surface area contributed by atoms with Crippen LogP contribution in [0.4, 0.5) is 0 Å². The summed E-state index contributed by atoms with van der Waals surface area (Å²) in [6.07, 6.45) is 3.90. The molecule has 0 saturated carbocycles. The van der Waals surface area contributed by atoms with E-state index in [1.54, 1.807) is 19.2 Å². The van der Waals surface area contributed by atoms with Crippen molar-refractivity contribution in [2.45, 2.75) is 45.4 Å². The second-order valence-corrected chi connectivity index (χ2v) is 9.21. The van der Waals surface area contributed by atoms with Gasteiger partial charge in [-0.25, -0.2) is 0 Å². The highest BCUT2D eigenvalue weighted by molar-refractivity contribution is 6.65. The molecule has 1 aliphatic heterocycles. The van der Waals surface area contributed by atoms with Gasteiger partial charge in [-0.15, -0.1) is 0 Å². The van der Waals surface area contributed by atoms with E-state index in [0.29, 0.717) is 12.1 Å². The van der Waals surface area contributed by atoms with Gasteiger partial charge in [0.1, 0.15) is 5.75 Å². The van der Waals surface area contributed by atoms with E-state index >= 15 is 0 Å². The summed E-state index contributed by atoms with van der Waals surface area (Å²) in [5.74, 6) is 0.749. The third-order valence-electron chi connectivity index (χ3n) is 6.68. The first-order chi connectivity index (χ1) is 15.2. The molecule has 5 rings (SSSR count). The minimum Gasteiger partial charge on any atom is -0.496 e. The maximum atomic E-state index is 9.16. The lowest BCUT2D eigenvalue weighted by molar-refractivity contribution is 0.00578. The van der Waals surface area contributed by atoms with Crippen LogP contribution in [0.1, 0.15) is 38.8 Å². The average molecular weight is 428 g/mol. The van der Waals surface area contributed by atoms with Crippen LogP contribution in [0.5, 0.6) is 5.75 Å². The molecule has 0 radical (unpaired) electrons. The molecule has 1 aliphatic rings. The van der Waals surface area contributed by atoms with Crippen molar-refractivity contribution in [3.63, 3.8) is 0 Å². The third kappa shape index (κ3) is 3.17. The lowest BCUT2D eigenvalue weighted by atomic mass is 9.77. The van der Waals surface area contributed by atoms with Crippen molar-refractivity contribution in [1.82, 2.24) is 14.8 Å². The summed E-state index contributed by atoms with van der Waals surface area (Å²) in [6.45, 7) is 8.71. The molecule has 1 N–H and O–H groups in total. The lowest BCUT2D eigenvalue weighted by Gasteiger charge is -2.32. The first-order valence-electron chi connectivity index (χ1n) is 10.6. The molecule has 0 bridgehead atoms. The van der Waals surface area contributed by atoms with Crippen molar-refractivity contribution < 1.29 is 14.0 Å². The Balaban J connectivity index is 1.58.